The van der Waals surface area contributed by atoms with Gasteiger partial charge in [0.2, 0.25) is 0 Å². The van der Waals surface area contributed by atoms with Gasteiger partial charge in [-0.15, -0.1) is 0 Å². The summed E-state index contributed by atoms with van der Waals surface area (Å²) < 4.78 is 13.0. The molecular formula is C13H11ClFNO2. The number of rotatable bonds is 3. The summed E-state index contributed by atoms with van der Waals surface area (Å²) in [6, 6.07) is 8.53. The molecule has 2 aromatic rings. The number of anilines is 1. The first-order chi connectivity index (χ1) is 8.54. The Hall–Kier alpha value is -1.94. The van der Waals surface area contributed by atoms with Crippen LogP contribution in [0.3, 0.4) is 0 Å². The molecule has 0 heterocycles. The second-order valence-electron chi connectivity index (χ2n) is 3.84. The van der Waals surface area contributed by atoms with Crippen LogP contribution >= 0.6 is 11.6 Å². The molecule has 0 saturated heterocycles. The van der Waals surface area contributed by atoms with Gasteiger partial charge in [0.25, 0.3) is 0 Å². The van der Waals surface area contributed by atoms with E-state index in [1.54, 1.807) is 12.1 Å². The van der Waals surface area contributed by atoms with Gasteiger partial charge in [0.05, 0.1) is 5.02 Å². The van der Waals surface area contributed by atoms with Gasteiger partial charge in [0.15, 0.2) is 0 Å². The summed E-state index contributed by atoms with van der Waals surface area (Å²) in [4.78, 5) is 0. The van der Waals surface area contributed by atoms with Gasteiger partial charge >= 0.3 is 0 Å². The first-order valence-corrected chi connectivity index (χ1v) is 5.63. The molecule has 0 bridgehead atoms. The van der Waals surface area contributed by atoms with E-state index in [0.717, 1.165) is 6.07 Å². The van der Waals surface area contributed by atoms with E-state index in [2.05, 4.69) is 5.32 Å². The van der Waals surface area contributed by atoms with E-state index >= 15 is 0 Å². The van der Waals surface area contributed by atoms with Crippen molar-refractivity contribution in [1.82, 2.24) is 0 Å². The Balaban J connectivity index is 2.08. The molecule has 0 aliphatic carbocycles. The summed E-state index contributed by atoms with van der Waals surface area (Å²) in [5.74, 6) is -0.600. The lowest BCUT2D eigenvalue weighted by molar-refractivity contribution is 0.468. The maximum atomic E-state index is 13.0. The normalized spacial score (nSPS) is 10.3. The van der Waals surface area contributed by atoms with Crippen molar-refractivity contribution in [2.45, 2.75) is 6.54 Å². The molecule has 0 atom stereocenters. The number of benzene rings is 2. The van der Waals surface area contributed by atoms with Gasteiger partial charge < -0.3 is 15.5 Å². The van der Waals surface area contributed by atoms with Crippen LogP contribution in [0, 0.1) is 5.82 Å². The van der Waals surface area contributed by atoms with Crippen molar-refractivity contribution in [2.24, 2.45) is 0 Å². The lowest BCUT2D eigenvalue weighted by atomic mass is 10.2. The Labute approximate surface area is 108 Å². The minimum absolute atomic E-state index is 0.00520. The average Bonchev–Trinajstić information content (AvgIpc) is 2.29. The molecule has 0 aliphatic rings. The maximum Gasteiger partial charge on any atom is 0.134 e. The van der Waals surface area contributed by atoms with Crippen LogP contribution in [0.15, 0.2) is 36.4 Å². The van der Waals surface area contributed by atoms with E-state index in [9.17, 15) is 14.6 Å². The summed E-state index contributed by atoms with van der Waals surface area (Å²) in [5.41, 5.74) is 1.30. The van der Waals surface area contributed by atoms with E-state index in [0.29, 0.717) is 17.8 Å². The van der Waals surface area contributed by atoms with Gasteiger partial charge in [-0.25, -0.2) is 4.39 Å². The molecule has 0 saturated carbocycles. The van der Waals surface area contributed by atoms with Gasteiger partial charge in [-0.1, -0.05) is 11.6 Å². The number of hydrogen-bond donors (Lipinski definition) is 3. The van der Waals surface area contributed by atoms with Crippen LogP contribution in [0.4, 0.5) is 10.1 Å². The highest BCUT2D eigenvalue weighted by Crippen LogP contribution is 2.26. The van der Waals surface area contributed by atoms with Gasteiger partial charge in [0, 0.05) is 18.3 Å². The zero-order valence-electron chi connectivity index (χ0n) is 9.32. The lowest BCUT2D eigenvalue weighted by Gasteiger charge is -2.08. The highest BCUT2D eigenvalue weighted by Gasteiger charge is 2.02. The maximum absolute atomic E-state index is 13.0. The Bertz CT molecular complexity index is 555. The SMILES string of the molecule is Oc1cc(F)cc(CNc2ccc(O)c(Cl)c2)c1. The molecule has 0 spiro atoms. The van der Waals surface area contributed by atoms with E-state index in [1.807, 2.05) is 0 Å². The average molecular weight is 268 g/mol. The monoisotopic (exact) mass is 267 g/mol. The molecule has 0 aliphatic heterocycles. The van der Waals surface area contributed by atoms with Crippen molar-refractivity contribution in [1.29, 1.82) is 0 Å². The van der Waals surface area contributed by atoms with Crippen molar-refractivity contribution in [3.63, 3.8) is 0 Å². The fourth-order valence-corrected chi connectivity index (χ4v) is 1.74. The van der Waals surface area contributed by atoms with Crippen molar-refractivity contribution in [3.8, 4) is 11.5 Å². The van der Waals surface area contributed by atoms with Crippen LogP contribution in [0.1, 0.15) is 5.56 Å². The van der Waals surface area contributed by atoms with Crippen molar-refractivity contribution in [2.75, 3.05) is 5.32 Å². The highest BCUT2D eigenvalue weighted by molar-refractivity contribution is 6.32. The van der Waals surface area contributed by atoms with Crippen LogP contribution in [-0.2, 0) is 6.54 Å². The molecule has 0 fully saturated rings. The van der Waals surface area contributed by atoms with Crippen LogP contribution in [0.2, 0.25) is 5.02 Å². The third-order valence-corrected chi connectivity index (χ3v) is 2.69. The number of phenols is 2. The molecule has 94 valence electrons. The fourth-order valence-electron chi connectivity index (χ4n) is 1.56. The fraction of sp³-hybridized carbons (Fsp3) is 0.0769. The van der Waals surface area contributed by atoms with Gasteiger partial charge in [-0.05, 0) is 35.9 Å². The zero-order chi connectivity index (χ0) is 13.1. The summed E-state index contributed by atoms with van der Waals surface area (Å²) in [6.45, 7) is 0.340. The highest BCUT2D eigenvalue weighted by atomic mass is 35.5. The van der Waals surface area contributed by atoms with Crippen LogP contribution in [-0.4, -0.2) is 10.2 Å². The minimum atomic E-state index is -0.490. The van der Waals surface area contributed by atoms with E-state index < -0.39 is 5.82 Å². The second-order valence-corrected chi connectivity index (χ2v) is 4.24. The molecule has 0 aromatic heterocycles. The predicted octanol–water partition coefficient (Wildman–Crippen LogP) is 3.50. The molecule has 0 radical (unpaired) electrons. The first-order valence-electron chi connectivity index (χ1n) is 5.25. The molecule has 2 aromatic carbocycles. The van der Waals surface area contributed by atoms with Crippen LogP contribution < -0.4 is 5.32 Å². The summed E-state index contributed by atoms with van der Waals surface area (Å²) in [5, 5.41) is 21.8. The number of aromatic hydroxyl groups is 2. The Morgan fingerprint density at radius 3 is 2.56 bits per heavy atom. The van der Waals surface area contributed by atoms with E-state index in [-0.39, 0.29) is 16.5 Å². The van der Waals surface area contributed by atoms with Crippen LogP contribution in [0.5, 0.6) is 11.5 Å². The number of halogens is 2. The summed E-state index contributed by atoms with van der Waals surface area (Å²) in [6.07, 6.45) is 0. The minimum Gasteiger partial charge on any atom is -0.508 e. The standard InChI is InChI=1S/C13H11ClFNO2/c14-12-6-10(1-2-13(12)18)16-7-8-3-9(15)5-11(17)4-8/h1-6,16-18H,7H2. The van der Waals surface area contributed by atoms with E-state index in [1.165, 1.54) is 18.2 Å². The van der Waals surface area contributed by atoms with Crippen molar-refractivity contribution < 1.29 is 14.6 Å². The lowest BCUT2D eigenvalue weighted by Crippen LogP contribution is -1.99. The molecule has 5 heteroatoms. The summed E-state index contributed by atoms with van der Waals surface area (Å²) in [7, 11) is 0. The number of nitrogens with one attached hydrogen (secondary N) is 1. The van der Waals surface area contributed by atoms with E-state index in [4.69, 9.17) is 11.6 Å². The molecule has 0 amide bonds. The molecular weight excluding hydrogens is 257 g/mol. The van der Waals surface area contributed by atoms with Gasteiger partial charge in [0.1, 0.15) is 17.3 Å². The third-order valence-electron chi connectivity index (χ3n) is 2.39. The molecule has 2 rings (SSSR count). The van der Waals surface area contributed by atoms with Crippen molar-refractivity contribution >= 4 is 17.3 Å². The Morgan fingerprint density at radius 1 is 1.11 bits per heavy atom. The van der Waals surface area contributed by atoms with Crippen molar-refractivity contribution in [3.05, 3.63) is 52.8 Å². The Morgan fingerprint density at radius 2 is 1.89 bits per heavy atom. The number of phenolic OH excluding ortho intramolecular Hbond substituents is 2. The molecule has 3 N–H and O–H groups in total. The molecule has 0 unspecified atom stereocenters. The number of hydrogen-bond acceptors (Lipinski definition) is 3. The zero-order valence-corrected chi connectivity index (χ0v) is 10.1. The first kappa shape index (κ1) is 12.5. The topological polar surface area (TPSA) is 52.5 Å². The Kier molecular flexibility index (Phi) is 3.58. The van der Waals surface area contributed by atoms with Crippen LogP contribution in [0.25, 0.3) is 0 Å². The van der Waals surface area contributed by atoms with Gasteiger partial charge in [-0.3, -0.25) is 0 Å². The predicted molar refractivity (Wildman–Crippen MR) is 68.5 cm³/mol. The van der Waals surface area contributed by atoms with Gasteiger partial charge in [-0.2, -0.15) is 0 Å². The molecule has 3 nitrogen and oxygen atoms in total. The quantitative estimate of drug-likeness (QED) is 0.746. The molecule has 18 heavy (non-hydrogen) atoms. The smallest absolute Gasteiger partial charge is 0.134 e. The summed E-state index contributed by atoms with van der Waals surface area (Å²) >= 11 is 5.76. The largest absolute Gasteiger partial charge is 0.508 e. The second kappa shape index (κ2) is 5.14. The third kappa shape index (κ3) is 3.05.